The van der Waals surface area contributed by atoms with Gasteiger partial charge < -0.3 is 0 Å². The Morgan fingerprint density at radius 3 is 1.90 bits per heavy atom. The molecule has 0 saturated heterocycles. The quantitative estimate of drug-likeness (QED) is 0.187. The number of aliphatic hydroxyl groups excluding tert-OH is 1. The van der Waals surface area contributed by atoms with Gasteiger partial charge in [0.2, 0.25) is 0 Å². The standard InChI is InChI=1S/C17H37IOSe/c1-5-6-7-8-9-10-11-12-13-17(14-16(2)19)15-20(3,4)18/h16-17,19H,5-15H2,1-4H3. The van der Waals surface area contributed by atoms with E-state index in [0.717, 1.165) is 12.3 Å². The van der Waals surface area contributed by atoms with Gasteiger partial charge in [-0.1, -0.05) is 0 Å². The predicted molar refractivity (Wildman–Crippen MR) is 103 cm³/mol. The second-order valence-corrected chi connectivity index (χ2v) is 25.8. The number of hydrogen-bond donors (Lipinski definition) is 1. The Kier molecular flexibility index (Phi) is 13.5. The molecular formula is C17H37IOSe. The van der Waals surface area contributed by atoms with Crippen molar-refractivity contribution >= 4 is 29.9 Å². The maximum atomic E-state index is 9.66. The number of rotatable bonds is 13. The molecule has 2 unspecified atom stereocenters. The molecule has 2 atom stereocenters. The summed E-state index contributed by atoms with van der Waals surface area (Å²) >= 11 is 2.70. The summed E-state index contributed by atoms with van der Waals surface area (Å²) in [6.07, 6.45) is 13.4. The topological polar surface area (TPSA) is 20.2 Å². The van der Waals surface area contributed by atoms with Gasteiger partial charge in [-0.2, -0.15) is 0 Å². The summed E-state index contributed by atoms with van der Waals surface area (Å²) in [6, 6.07) is 0. The molecule has 0 heterocycles. The molecule has 0 aliphatic rings. The summed E-state index contributed by atoms with van der Waals surface area (Å²) in [6.45, 7) is 4.23. The molecule has 0 aromatic rings. The molecule has 0 saturated carbocycles. The van der Waals surface area contributed by atoms with Crippen LogP contribution in [0, 0.1) is 5.92 Å². The van der Waals surface area contributed by atoms with E-state index in [1.165, 1.54) is 63.1 Å². The maximum absolute atomic E-state index is 9.66. The van der Waals surface area contributed by atoms with Gasteiger partial charge in [-0.25, -0.2) is 0 Å². The van der Waals surface area contributed by atoms with Crippen LogP contribution >= 0.6 is 20.3 Å². The Balaban J connectivity index is 3.69. The van der Waals surface area contributed by atoms with Crippen molar-refractivity contribution in [1.29, 1.82) is 0 Å². The second kappa shape index (κ2) is 12.7. The van der Waals surface area contributed by atoms with Crippen LogP contribution in [0.1, 0.15) is 78.1 Å². The monoisotopic (exact) mass is 464 g/mol. The predicted octanol–water partition coefficient (Wildman–Crippen LogP) is 6.54. The zero-order chi connectivity index (χ0) is 15.4. The summed E-state index contributed by atoms with van der Waals surface area (Å²) in [7, 11) is -1.19. The molecule has 3 heteroatoms. The molecule has 124 valence electrons. The van der Waals surface area contributed by atoms with E-state index in [0.29, 0.717) is 0 Å². The van der Waals surface area contributed by atoms with Gasteiger partial charge >= 0.3 is 142 Å². The van der Waals surface area contributed by atoms with Crippen molar-refractivity contribution in [1.82, 2.24) is 0 Å². The Labute approximate surface area is 141 Å². The van der Waals surface area contributed by atoms with E-state index < -0.39 is 9.60 Å². The molecule has 0 amide bonds. The number of unbranched alkanes of at least 4 members (excludes halogenated alkanes) is 7. The van der Waals surface area contributed by atoms with Crippen LogP contribution in [-0.2, 0) is 0 Å². The molecule has 0 aliphatic carbocycles. The van der Waals surface area contributed by atoms with Crippen LogP contribution in [0.25, 0.3) is 0 Å². The first-order valence-electron chi connectivity index (χ1n) is 8.44. The average Bonchev–Trinajstić information content (AvgIpc) is 2.29. The van der Waals surface area contributed by atoms with Gasteiger partial charge in [-0.15, -0.1) is 0 Å². The van der Waals surface area contributed by atoms with Crippen LogP contribution in [-0.4, -0.2) is 20.8 Å². The number of hydrogen-bond acceptors (Lipinski definition) is 1. The van der Waals surface area contributed by atoms with Gasteiger partial charge in [0, 0.05) is 0 Å². The van der Waals surface area contributed by atoms with E-state index in [2.05, 4.69) is 38.9 Å². The van der Waals surface area contributed by atoms with Crippen molar-refractivity contribution in [2.45, 2.75) is 101 Å². The Morgan fingerprint density at radius 2 is 1.45 bits per heavy atom. The van der Waals surface area contributed by atoms with Gasteiger partial charge in [0.1, 0.15) is 0 Å². The summed E-state index contributed by atoms with van der Waals surface area (Å²) in [5.74, 6) is 5.68. The molecular weight excluding hydrogens is 426 g/mol. The normalized spacial score (nSPS) is 16.1. The average molecular weight is 463 g/mol. The zero-order valence-electron chi connectivity index (χ0n) is 14.2. The third-order valence-electron chi connectivity index (χ3n) is 3.77. The minimum absolute atomic E-state index is 0.121. The molecule has 0 aromatic carbocycles. The molecule has 0 bridgehead atoms. The van der Waals surface area contributed by atoms with E-state index in [4.69, 9.17) is 0 Å². The van der Waals surface area contributed by atoms with E-state index >= 15 is 0 Å². The first-order chi connectivity index (χ1) is 9.35. The molecule has 20 heavy (non-hydrogen) atoms. The van der Waals surface area contributed by atoms with Crippen molar-refractivity contribution in [2.75, 3.05) is 0 Å². The second-order valence-electron chi connectivity index (χ2n) is 6.78. The van der Waals surface area contributed by atoms with Crippen molar-refractivity contribution in [2.24, 2.45) is 5.92 Å². The third kappa shape index (κ3) is 15.6. The first-order valence-corrected chi connectivity index (χ1v) is 18.3. The van der Waals surface area contributed by atoms with Crippen molar-refractivity contribution in [3.8, 4) is 0 Å². The first kappa shape index (κ1) is 21.2. The number of halogens is 1. The van der Waals surface area contributed by atoms with Crippen LogP contribution in [0.5, 0.6) is 0 Å². The van der Waals surface area contributed by atoms with Crippen LogP contribution < -0.4 is 0 Å². The Hall–Kier alpha value is 1.21. The summed E-state index contributed by atoms with van der Waals surface area (Å²) in [5, 5.41) is 11.0. The van der Waals surface area contributed by atoms with E-state index in [9.17, 15) is 5.11 Å². The van der Waals surface area contributed by atoms with E-state index in [1.807, 2.05) is 6.92 Å². The van der Waals surface area contributed by atoms with Crippen molar-refractivity contribution in [3.63, 3.8) is 0 Å². The Morgan fingerprint density at radius 1 is 0.950 bits per heavy atom. The zero-order valence-corrected chi connectivity index (χ0v) is 18.0. The summed E-state index contributed by atoms with van der Waals surface area (Å²) < 4.78 is 0. The summed E-state index contributed by atoms with van der Waals surface area (Å²) in [5.41, 5.74) is 0. The van der Waals surface area contributed by atoms with Crippen LogP contribution in [0.15, 0.2) is 0 Å². The molecule has 0 aliphatic heterocycles. The number of aliphatic hydroxyl groups is 1. The van der Waals surface area contributed by atoms with Crippen molar-refractivity contribution < 1.29 is 5.11 Å². The fourth-order valence-corrected chi connectivity index (χ4v) is 8.51. The van der Waals surface area contributed by atoms with E-state index in [1.54, 1.807) is 0 Å². The molecule has 0 fully saturated rings. The van der Waals surface area contributed by atoms with E-state index in [-0.39, 0.29) is 6.10 Å². The molecule has 0 rings (SSSR count). The fourth-order valence-electron chi connectivity index (χ4n) is 2.88. The van der Waals surface area contributed by atoms with Gasteiger partial charge in [-0.3, -0.25) is 0 Å². The third-order valence-corrected chi connectivity index (χ3v) is 8.29. The van der Waals surface area contributed by atoms with Gasteiger partial charge in [0.05, 0.1) is 0 Å². The Bertz CT molecular complexity index is 214. The molecule has 0 aromatic heterocycles. The molecule has 1 N–H and O–H groups in total. The molecule has 1 nitrogen and oxygen atoms in total. The fraction of sp³-hybridized carbons (Fsp3) is 1.00. The van der Waals surface area contributed by atoms with Crippen LogP contribution in [0.3, 0.4) is 0 Å². The molecule has 0 spiro atoms. The van der Waals surface area contributed by atoms with Gasteiger partial charge in [0.15, 0.2) is 0 Å². The van der Waals surface area contributed by atoms with Gasteiger partial charge in [0.25, 0.3) is 0 Å². The SMILES string of the molecule is CCCCCCCCCCC(CC(C)O)C[Se](C)(C)I. The van der Waals surface area contributed by atoms with Crippen LogP contribution in [0.2, 0.25) is 17.0 Å². The van der Waals surface area contributed by atoms with Crippen LogP contribution in [0.4, 0.5) is 0 Å². The summed E-state index contributed by atoms with van der Waals surface area (Å²) in [4.78, 5) is 0. The molecule has 0 radical (unpaired) electrons. The van der Waals surface area contributed by atoms with Crippen molar-refractivity contribution in [3.05, 3.63) is 0 Å². The minimum atomic E-state index is -1.19. The van der Waals surface area contributed by atoms with Gasteiger partial charge in [-0.05, 0) is 0 Å².